The molecule has 2 amide bonds. The van der Waals surface area contributed by atoms with E-state index in [1.807, 2.05) is 6.07 Å². The number of aromatic amines is 1. The number of rotatable bonds is 9. The van der Waals surface area contributed by atoms with E-state index in [1.54, 1.807) is 48.7 Å². The fourth-order valence-corrected chi connectivity index (χ4v) is 10.2. The summed E-state index contributed by atoms with van der Waals surface area (Å²) >= 11 is 5.88. The number of hydrogen-bond donors (Lipinski definition) is 4. The van der Waals surface area contributed by atoms with Crippen molar-refractivity contribution in [1.82, 2.24) is 39.0 Å². The molecule has 4 aliphatic rings. The minimum atomic E-state index is -3.94. The maximum atomic E-state index is 16.5. The number of aromatic nitrogens is 8. The van der Waals surface area contributed by atoms with Crippen LogP contribution in [0.15, 0.2) is 54.1 Å². The summed E-state index contributed by atoms with van der Waals surface area (Å²) in [5.41, 5.74) is -1.58. The normalized spacial score (nSPS) is 31.0. The predicted molar refractivity (Wildman–Crippen MR) is 214 cm³/mol. The molecule has 23 nitrogen and oxygen atoms in total. The number of anilines is 2. The molecule has 8 heterocycles. The zero-order valence-electron chi connectivity index (χ0n) is 32.5. The van der Waals surface area contributed by atoms with Gasteiger partial charge in [-0.05, 0) is 23.9 Å². The number of imidazole rings is 2. The molecule has 9 rings (SSSR count). The van der Waals surface area contributed by atoms with Gasteiger partial charge in [0.2, 0.25) is 11.9 Å². The van der Waals surface area contributed by atoms with Gasteiger partial charge in [-0.2, -0.15) is 10.2 Å². The number of ether oxygens (including phenoxy) is 3. The van der Waals surface area contributed by atoms with E-state index in [0.29, 0.717) is 5.56 Å². The Bertz CT molecular complexity index is 2670. The molecule has 10 atom stereocenters. The van der Waals surface area contributed by atoms with Crippen LogP contribution < -0.4 is 16.2 Å². The van der Waals surface area contributed by atoms with Crippen molar-refractivity contribution in [3.63, 3.8) is 0 Å². The number of benzene rings is 1. The molecule has 4 bridgehead atoms. The van der Waals surface area contributed by atoms with E-state index in [0.717, 1.165) is 0 Å². The molecule has 4 aliphatic heterocycles. The van der Waals surface area contributed by atoms with E-state index < -0.39 is 100 Å². The van der Waals surface area contributed by atoms with Crippen LogP contribution in [0.1, 0.15) is 43.1 Å². The molecular weight excluding hydrogens is 879 g/mol. The molecule has 0 saturated carbocycles. The van der Waals surface area contributed by atoms with Gasteiger partial charge in [0.25, 0.3) is 11.5 Å². The minimum absolute atomic E-state index is 0.0924. The van der Waals surface area contributed by atoms with Crippen LogP contribution in [-0.2, 0) is 53.4 Å². The molecule has 2 unspecified atom stereocenters. The Labute approximate surface area is 355 Å². The minimum Gasteiger partial charge on any atom is -0.367 e. The van der Waals surface area contributed by atoms with Crippen molar-refractivity contribution in [2.24, 2.45) is 5.92 Å². The van der Waals surface area contributed by atoms with Crippen LogP contribution in [0.2, 0.25) is 0 Å². The number of fused-ring (bicyclic) bond motifs is 4. The highest BCUT2D eigenvalue weighted by Gasteiger charge is 2.65. The number of H-pyrrole nitrogens is 1. The predicted octanol–water partition coefficient (Wildman–Crippen LogP) is 2.90. The van der Waals surface area contributed by atoms with Gasteiger partial charge >= 0.3 is 15.3 Å². The maximum absolute atomic E-state index is 16.5. The van der Waals surface area contributed by atoms with Crippen molar-refractivity contribution in [1.29, 1.82) is 5.26 Å². The summed E-state index contributed by atoms with van der Waals surface area (Å²) in [6.45, 7) is -2.02. The molecular formula is C35H36FN11O12P2S. The number of halogens is 1. The highest BCUT2D eigenvalue weighted by atomic mass is 32.5. The SMILES string of the molecule is CC(C)C(=O)Nc1nc2c(ncn2[C@@H]2O[C@@H]3COP(=S)(OCCC#N)O[C@H]4[C@H]5OC[C@]4(COP(O)O[C@@H]2[C@H]3F)O[C@H]5n2cnc3c(NC(=O)c4ccccc4)ncnc32)c(=O)[nH]1. The first kappa shape index (κ1) is 42.5. The van der Waals surface area contributed by atoms with Gasteiger partial charge in [0, 0.05) is 11.5 Å². The van der Waals surface area contributed by atoms with Gasteiger partial charge in [0.1, 0.15) is 36.3 Å². The van der Waals surface area contributed by atoms with Crippen molar-refractivity contribution in [2.75, 3.05) is 37.1 Å². The summed E-state index contributed by atoms with van der Waals surface area (Å²) in [5, 5.41) is 14.6. The largest absolute Gasteiger partial charge is 0.367 e. The van der Waals surface area contributed by atoms with Gasteiger partial charge in [0.15, 0.2) is 46.8 Å². The van der Waals surface area contributed by atoms with Crippen LogP contribution >= 0.6 is 15.3 Å². The number of nitriles is 1. The quantitative estimate of drug-likeness (QED) is 0.122. The van der Waals surface area contributed by atoms with Crippen molar-refractivity contribution in [2.45, 2.75) is 68.9 Å². The molecule has 0 aliphatic carbocycles. The maximum Gasteiger partial charge on any atom is 0.330 e. The second kappa shape index (κ2) is 17.1. The smallest absolute Gasteiger partial charge is 0.330 e. The highest BCUT2D eigenvalue weighted by Crippen LogP contribution is 2.59. The third-order valence-electron chi connectivity index (χ3n) is 10.3. The summed E-state index contributed by atoms with van der Waals surface area (Å²) in [6.07, 6.45) is -5.82. The Hall–Kier alpha value is -4.80. The van der Waals surface area contributed by atoms with Gasteiger partial charge in [-0.25, -0.2) is 24.3 Å². The second-order valence-corrected chi connectivity index (χ2v) is 18.6. The standard InChI is InChI=1S/C35H36FN11O12P2S/c1-17(2)29(48)44-34-43-28-22(31(50)45-34)41-16-47(28)32-23-20(36)19(56-32)11-55-61(62,54-10-6-9-37)59-25-24-33(57-35(25,12-52-24)13-53-60(51)58-23)46-15-40-21-26(38-14-39-27(21)46)42-30(49)18-7-4-3-5-8-18/h3-5,7-8,14-17,19-20,23-25,32-33,51H,6,10-13H2,1-2H3,(H,38,39,42,49)(H2,43,44,45,48,50)/t19-,20+,23-,24-,25+,32-,33-,35-,60?,61?/m1/s1. The Kier molecular flexibility index (Phi) is 11.7. The molecule has 326 valence electrons. The summed E-state index contributed by atoms with van der Waals surface area (Å²) in [5.74, 6) is -1.35. The number of amides is 2. The fourth-order valence-electron chi connectivity index (χ4n) is 7.28. The van der Waals surface area contributed by atoms with Crippen LogP contribution in [-0.4, -0.2) is 118 Å². The second-order valence-electron chi connectivity index (χ2n) is 14.7. The topological polar surface area (TPSA) is 283 Å². The van der Waals surface area contributed by atoms with Crippen LogP contribution in [0.5, 0.6) is 0 Å². The lowest BCUT2D eigenvalue weighted by molar-refractivity contribution is -0.183. The average Bonchev–Trinajstić information content (AvgIpc) is 4.08. The molecule has 1 aromatic carbocycles. The molecule has 0 radical (unpaired) electrons. The van der Waals surface area contributed by atoms with E-state index in [9.17, 15) is 24.5 Å². The molecule has 4 aromatic heterocycles. The molecule has 62 heavy (non-hydrogen) atoms. The van der Waals surface area contributed by atoms with E-state index in [1.165, 1.54) is 23.5 Å². The third-order valence-corrected chi connectivity index (χ3v) is 13.5. The van der Waals surface area contributed by atoms with Crippen molar-refractivity contribution in [3.05, 3.63) is 65.2 Å². The summed E-state index contributed by atoms with van der Waals surface area (Å²) < 4.78 is 68.6. The van der Waals surface area contributed by atoms with Gasteiger partial charge in [0.05, 0.1) is 51.6 Å². The third kappa shape index (κ3) is 7.91. The van der Waals surface area contributed by atoms with Crippen LogP contribution in [0.3, 0.4) is 0 Å². The average molecular weight is 916 g/mol. The van der Waals surface area contributed by atoms with Gasteiger partial charge < -0.3 is 42.5 Å². The lowest BCUT2D eigenvalue weighted by Crippen LogP contribution is -2.45. The monoisotopic (exact) mass is 915 g/mol. The van der Waals surface area contributed by atoms with Crippen molar-refractivity contribution < 1.29 is 55.7 Å². The Morgan fingerprint density at radius 2 is 1.89 bits per heavy atom. The highest BCUT2D eigenvalue weighted by molar-refractivity contribution is 8.07. The molecule has 27 heteroatoms. The number of nitrogens with zero attached hydrogens (tertiary/aromatic N) is 8. The number of carbonyl (C=O) groups is 2. The van der Waals surface area contributed by atoms with Gasteiger partial charge in [-0.15, -0.1) is 0 Å². The molecule has 0 spiro atoms. The summed E-state index contributed by atoms with van der Waals surface area (Å²) in [6, 6.07) is 10.5. The number of hydrogen-bond acceptors (Lipinski definition) is 19. The zero-order valence-corrected chi connectivity index (χ0v) is 35.1. The van der Waals surface area contributed by atoms with Crippen molar-refractivity contribution >= 4 is 73.0 Å². The summed E-state index contributed by atoms with van der Waals surface area (Å²) in [4.78, 5) is 73.8. The van der Waals surface area contributed by atoms with Crippen molar-refractivity contribution in [3.8, 4) is 6.07 Å². The van der Waals surface area contributed by atoms with E-state index >= 15 is 4.39 Å². The first-order chi connectivity index (χ1) is 29.9. The Morgan fingerprint density at radius 3 is 2.66 bits per heavy atom. The summed E-state index contributed by atoms with van der Waals surface area (Å²) in [7, 11) is -2.91. The number of alkyl halides is 1. The van der Waals surface area contributed by atoms with E-state index in [2.05, 4.69) is 40.5 Å². The van der Waals surface area contributed by atoms with Gasteiger partial charge in [-0.1, -0.05) is 32.0 Å². The molecule has 5 aromatic rings. The molecule has 4 fully saturated rings. The lowest BCUT2D eigenvalue weighted by Gasteiger charge is -2.33. The van der Waals surface area contributed by atoms with E-state index in [-0.39, 0.29) is 53.7 Å². The van der Waals surface area contributed by atoms with Crippen LogP contribution in [0.25, 0.3) is 22.3 Å². The van der Waals surface area contributed by atoms with E-state index in [4.69, 9.17) is 48.6 Å². The zero-order chi connectivity index (χ0) is 43.3. The molecule has 4 saturated heterocycles. The first-order valence-electron chi connectivity index (χ1n) is 19.0. The fraction of sp³-hybridized carbons (Fsp3) is 0.457. The first-order valence-corrected chi connectivity index (χ1v) is 22.7. The number of nitrogens with one attached hydrogen (secondary N) is 3. The molecule has 4 N–H and O–H groups in total. The number of carbonyl (C=O) groups excluding carboxylic acids is 2. The van der Waals surface area contributed by atoms with Crippen LogP contribution in [0, 0.1) is 17.2 Å². The van der Waals surface area contributed by atoms with Crippen LogP contribution in [0.4, 0.5) is 16.2 Å². The Balaban J connectivity index is 1.02. The van der Waals surface area contributed by atoms with Gasteiger partial charge in [-0.3, -0.25) is 38.3 Å². The lowest BCUT2D eigenvalue weighted by atomic mass is 10.0. The Morgan fingerprint density at radius 1 is 1.11 bits per heavy atom.